The highest BCUT2D eigenvalue weighted by Crippen LogP contribution is 2.29. The minimum Gasteiger partial charge on any atom is -0.355 e. The molecule has 3 nitrogen and oxygen atoms in total. The predicted molar refractivity (Wildman–Crippen MR) is 84.1 cm³/mol. The minimum atomic E-state index is 0.149. The number of rotatable bonds is 2. The fourth-order valence-corrected chi connectivity index (χ4v) is 3.03. The van der Waals surface area contributed by atoms with Gasteiger partial charge in [-0.2, -0.15) is 0 Å². The van der Waals surface area contributed by atoms with Gasteiger partial charge in [-0.15, -0.1) is 0 Å². The van der Waals surface area contributed by atoms with Crippen molar-refractivity contribution in [3.05, 3.63) is 60.2 Å². The van der Waals surface area contributed by atoms with Crippen LogP contribution in [0.25, 0.3) is 22.2 Å². The monoisotopic (exact) mass is 276 g/mol. The molecule has 3 heteroatoms. The number of carbonyl (C=O) groups excluding carboxylic acids is 1. The van der Waals surface area contributed by atoms with E-state index in [0.717, 1.165) is 17.8 Å². The molecule has 104 valence electrons. The maximum absolute atomic E-state index is 11.4. The van der Waals surface area contributed by atoms with Crippen LogP contribution in [0.2, 0.25) is 0 Å². The van der Waals surface area contributed by atoms with Crippen LogP contribution in [0, 0.1) is 0 Å². The van der Waals surface area contributed by atoms with E-state index >= 15 is 0 Å². The minimum absolute atomic E-state index is 0.149. The Morgan fingerprint density at radius 1 is 1.00 bits per heavy atom. The molecule has 0 radical (unpaired) electrons. The van der Waals surface area contributed by atoms with Crippen LogP contribution in [-0.4, -0.2) is 17.4 Å². The smallest absolute Gasteiger partial charge is 0.220 e. The molecule has 1 aromatic heterocycles. The van der Waals surface area contributed by atoms with Gasteiger partial charge in [-0.05, 0) is 29.3 Å². The Bertz CT molecular complexity index is 786. The summed E-state index contributed by atoms with van der Waals surface area (Å²) in [5, 5.41) is 4.12. The van der Waals surface area contributed by atoms with Crippen molar-refractivity contribution in [2.45, 2.75) is 12.3 Å². The van der Waals surface area contributed by atoms with Gasteiger partial charge in [0.2, 0.25) is 5.91 Å². The second kappa shape index (κ2) is 4.77. The first-order chi connectivity index (χ1) is 10.3. The van der Waals surface area contributed by atoms with Crippen LogP contribution in [0.3, 0.4) is 0 Å². The van der Waals surface area contributed by atoms with Crippen molar-refractivity contribution < 1.29 is 4.79 Å². The molecule has 4 rings (SSSR count). The zero-order valence-electron chi connectivity index (χ0n) is 11.6. The molecular weight excluding hydrogens is 260 g/mol. The van der Waals surface area contributed by atoms with Crippen molar-refractivity contribution in [2.24, 2.45) is 0 Å². The highest BCUT2D eigenvalue weighted by molar-refractivity contribution is 5.86. The fourth-order valence-electron chi connectivity index (χ4n) is 3.03. The number of benzene rings is 2. The Hall–Kier alpha value is -2.55. The number of aromatic nitrogens is 1. The molecule has 1 aliphatic heterocycles. The van der Waals surface area contributed by atoms with Crippen LogP contribution in [0.4, 0.5) is 0 Å². The summed E-state index contributed by atoms with van der Waals surface area (Å²) in [4.78, 5) is 14.8. The average molecular weight is 276 g/mol. The van der Waals surface area contributed by atoms with Crippen molar-refractivity contribution >= 4 is 16.8 Å². The SMILES string of the molecule is O=C1CC(c2cccc(-c3cc4ccccc4[nH]3)c2)CN1. The predicted octanol–water partition coefficient (Wildman–Crippen LogP) is 3.44. The molecule has 0 saturated carbocycles. The third kappa shape index (κ3) is 2.21. The van der Waals surface area contributed by atoms with E-state index in [9.17, 15) is 4.79 Å². The molecule has 2 heterocycles. The van der Waals surface area contributed by atoms with Gasteiger partial charge in [0.05, 0.1) is 0 Å². The number of nitrogens with one attached hydrogen (secondary N) is 2. The van der Waals surface area contributed by atoms with E-state index in [4.69, 9.17) is 0 Å². The molecule has 3 aromatic rings. The summed E-state index contributed by atoms with van der Waals surface area (Å²) in [6.07, 6.45) is 0.593. The Morgan fingerprint density at radius 3 is 2.71 bits per heavy atom. The first-order valence-electron chi connectivity index (χ1n) is 7.24. The molecule has 1 aliphatic rings. The van der Waals surface area contributed by atoms with Gasteiger partial charge in [0.25, 0.3) is 0 Å². The topological polar surface area (TPSA) is 44.9 Å². The van der Waals surface area contributed by atoms with Gasteiger partial charge in [0.1, 0.15) is 0 Å². The highest BCUT2D eigenvalue weighted by atomic mass is 16.1. The summed E-state index contributed by atoms with van der Waals surface area (Å²) in [7, 11) is 0. The van der Waals surface area contributed by atoms with Crippen LogP contribution in [0.15, 0.2) is 54.6 Å². The maximum Gasteiger partial charge on any atom is 0.220 e. The van der Waals surface area contributed by atoms with Crippen LogP contribution in [0.5, 0.6) is 0 Å². The van der Waals surface area contributed by atoms with Crippen molar-refractivity contribution in [3.63, 3.8) is 0 Å². The first-order valence-corrected chi connectivity index (χ1v) is 7.24. The number of para-hydroxylation sites is 1. The number of hydrogen-bond donors (Lipinski definition) is 2. The van der Waals surface area contributed by atoms with E-state index in [0.29, 0.717) is 12.3 Å². The van der Waals surface area contributed by atoms with Crippen LogP contribution < -0.4 is 5.32 Å². The summed E-state index contributed by atoms with van der Waals surface area (Å²) in [5.74, 6) is 0.442. The lowest BCUT2D eigenvalue weighted by Crippen LogP contribution is -2.13. The Labute approximate surface area is 123 Å². The van der Waals surface area contributed by atoms with Gasteiger partial charge in [-0.25, -0.2) is 0 Å². The molecular formula is C18H16N2O. The van der Waals surface area contributed by atoms with E-state index in [1.165, 1.54) is 16.5 Å². The number of fused-ring (bicyclic) bond motifs is 1. The molecule has 1 saturated heterocycles. The molecule has 0 aliphatic carbocycles. The number of carbonyl (C=O) groups is 1. The zero-order chi connectivity index (χ0) is 14.2. The quantitative estimate of drug-likeness (QED) is 0.740. The lowest BCUT2D eigenvalue weighted by molar-refractivity contribution is -0.119. The molecule has 1 atom stereocenters. The summed E-state index contributed by atoms with van der Waals surface area (Å²) in [6.45, 7) is 0.745. The number of amides is 1. The van der Waals surface area contributed by atoms with Gasteiger partial charge < -0.3 is 10.3 Å². The zero-order valence-corrected chi connectivity index (χ0v) is 11.6. The molecule has 1 unspecified atom stereocenters. The van der Waals surface area contributed by atoms with Gasteiger partial charge in [0, 0.05) is 35.5 Å². The van der Waals surface area contributed by atoms with Crippen molar-refractivity contribution in [2.75, 3.05) is 6.54 Å². The number of H-pyrrole nitrogens is 1. The van der Waals surface area contributed by atoms with Gasteiger partial charge in [-0.3, -0.25) is 4.79 Å². The molecule has 0 bridgehead atoms. The van der Waals surface area contributed by atoms with Crippen molar-refractivity contribution in [1.29, 1.82) is 0 Å². The van der Waals surface area contributed by atoms with E-state index in [2.05, 4.69) is 52.8 Å². The number of aromatic amines is 1. The van der Waals surface area contributed by atoms with Gasteiger partial charge in [-0.1, -0.05) is 36.4 Å². The van der Waals surface area contributed by atoms with Crippen molar-refractivity contribution in [3.8, 4) is 11.3 Å². The maximum atomic E-state index is 11.4. The standard InChI is InChI=1S/C18H16N2O/c21-18-10-15(11-19-18)12-5-3-6-13(8-12)17-9-14-4-1-2-7-16(14)20-17/h1-9,15,20H,10-11H2,(H,19,21). The Balaban J connectivity index is 1.73. The largest absolute Gasteiger partial charge is 0.355 e. The van der Waals surface area contributed by atoms with Crippen LogP contribution in [-0.2, 0) is 4.79 Å². The molecule has 0 spiro atoms. The highest BCUT2D eigenvalue weighted by Gasteiger charge is 2.23. The average Bonchev–Trinajstić information content (AvgIpc) is 3.13. The lowest BCUT2D eigenvalue weighted by Gasteiger charge is -2.09. The Kier molecular flexibility index (Phi) is 2.78. The second-order valence-electron chi connectivity index (χ2n) is 5.60. The van der Waals surface area contributed by atoms with Crippen LogP contribution >= 0.6 is 0 Å². The normalized spacial score (nSPS) is 18.1. The van der Waals surface area contributed by atoms with Crippen molar-refractivity contribution in [1.82, 2.24) is 10.3 Å². The third-order valence-electron chi connectivity index (χ3n) is 4.18. The van der Waals surface area contributed by atoms with E-state index < -0.39 is 0 Å². The number of hydrogen-bond acceptors (Lipinski definition) is 1. The van der Waals surface area contributed by atoms with Crippen LogP contribution in [0.1, 0.15) is 17.9 Å². The van der Waals surface area contributed by atoms with Gasteiger partial charge >= 0.3 is 0 Å². The molecule has 2 N–H and O–H groups in total. The molecule has 2 aromatic carbocycles. The fraction of sp³-hybridized carbons (Fsp3) is 0.167. The summed E-state index contributed by atoms with van der Waals surface area (Å²) < 4.78 is 0. The lowest BCUT2D eigenvalue weighted by atomic mass is 9.96. The molecule has 1 amide bonds. The summed E-state index contributed by atoms with van der Waals surface area (Å²) in [6, 6.07) is 18.9. The second-order valence-corrected chi connectivity index (χ2v) is 5.60. The van der Waals surface area contributed by atoms with E-state index in [1.807, 2.05) is 12.1 Å². The van der Waals surface area contributed by atoms with E-state index in [1.54, 1.807) is 0 Å². The summed E-state index contributed by atoms with van der Waals surface area (Å²) in [5.41, 5.74) is 4.67. The third-order valence-corrected chi connectivity index (χ3v) is 4.18. The van der Waals surface area contributed by atoms with Gasteiger partial charge in [0.15, 0.2) is 0 Å². The first kappa shape index (κ1) is 12.2. The summed E-state index contributed by atoms with van der Waals surface area (Å²) >= 11 is 0. The Morgan fingerprint density at radius 2 is 1.90 bits per heavy atom. The molecule has 21 heavy (non-hydrogen) atoms. The molecule has 1 fully saturated rings. The van der Waals surface area contributed by atoms with E-state index in [-0.39, 0.29) is 5.91 Å².